The van der Waals surface area contributed by atoms with Crippen LogP contribution in [0.5, 0.6) is 0 Å². The van der Waals surface area contributed by atoms with Crippen molar-refractivity contribution < 1.29 is 23.1 Å². The van der Waals surface area contributed by atoms with Crippen molar-refractivity contribution in [3.8, 4) is 0 Å². The highest BCUT2D eigenvalue weighted by molar-refractivity contribution is 5.81. The van der Waals surface area contributed by atoms with Gasteiger partial charge in [-0.25, -0.2) is 0 Å². The van der Waals surface area contributed by atoms with Crippen LogP contribution in [0.3, 0.4) is 0 Å². The summed E-state index contributed by atoms with van der Waals surface area (Å²) in [6.07, 6.45) is -3.94. The Kier molecular flexibility index (Phi) is 1.70. The number of halogens is 3. The van der Waals surface area contributed by atoms with Gasteiger partial charge >= 0.3 is 12.1 Å². The minimum atomic E-state index is -4.42. The molecular formula is C7H7F3O2. The molecule has 0 aliphatic heterocycles. The molecule has 0 aromatic rings. The average molecular weight is 180 g/mol. The maximum Gasteiger partial charge on any atom is 0.393 e. The molecule has 2 nitrogen and oxygen atoms in total. The van der Waals surface area contributed by atoms with Crippen LogP contribution >= 0.6 is 0 Å². The lowest BCUT2D eigenvalue weighted by molar-refractivity contribution is -0.165. The molecule has 0 amide bonds. The van der Waals surface area contributed by atoms with Crippen molar-refractivity contribution in [2.45, 2.75) is 12.6 Å². The molecule has 0 aromatic carbocycles. The topological polar surface area (TPSA) is 37.3 Å². The second-order valence-electron chi connectivity index (χ2n) is 2.85. The van der Waals surface area contributed by atoms with E-state index in [0.717, 1.165) is 6.08 Å². The lowest BCUT2D eigenvalue weighted by Gasteiger charge is -2.08. The van der Waals surface area contributed by atoms with Crippen LogP contribution in [0.4, 0.5) is 13.2 Å². The quantitative estimate of drug-likeness (QED) is 0.658. The summed E-state index contributed by atoms with van der Waals surface area (Å²) in [5.74, 6) is -3.19. The second-order valence-corrected chi connectivity index (χ2v) is 2.85. The van der Waals surface area contributed by atoms with Crippen LogP contribution in [0.15, 0.2) is 12.7 Å². The van der Waals surface area contributed by atoms with Crippen molar-refractivity contribution in [1.82, 2.24) is 0 Å². The van der Waals surface area contributed by atoms with Gasteiger partial charge in [-0.05, 0) is 6.42 Å². The molecule has 0 aromatic heterocycles. The van der Waals surface area contributed by atoms with Crippen LogP contribution in [0, 0.1) is 11.3 Å². The highest BCUT2D eigenvalue weighted by Gasteiger charge is 2.69. The van der Waals surface area contributed by atoms with Gasteiger partial charge in [0.15, 0.2) is 0 Å². The Labute approximate surface area is 66.7 Å². The average Bonchev–Trinajstić information content (AvgIpc) is 2.60. The zero-order valence-electron chi connectivity index (χ0n) is 6.06. The second kappa shape index (κ2) is 2.24. The Morgan fingerprint density at radius 3 is 2.25 bits per heavy atom. The van der Waals surface area contributed by atoms with Crippen molar-refractivity contribution >= 4 is 5.97 Å². The lowest BCUT2D eigenvalue weighted by atomic mass is 10.0. The van der Waals surface area contributed by atoms with Crippen molar-refractivity contribution in [3.63, 3.8) is 0 Å². The van der Waals surface area contributed by atoms with Crippen LogP contribution in [-0.2, 0) is 4.79 Å². The number of alkyl halides is 3. The molecule has 1 rings (SSSR count). The molecule has 1 aliphatic carbocycles. The first-order chi connectivity index (χ1) is 5.34. The van der Waals surface area contributed by atoms with E-state index in [2.05, 4.69) is 6.58 Å². The maximum atomic E-state index is 12.0. The molecule has 0 spiro atoms. The van der Waals surface area contributed by atoms with Gasteiger partial charge in [-0.2, -0.15) is 13.2 Å². The van der Waals surface area contributed by atoms with E-state index < -0.39 is 23.5 Å². The highest BCUT2D eigenvalue weighted by Crippen LogP contribution is 2.61. The van der Waals surface area contributed by atoms with Crippen LogP contribution < -0.4 is 0 Å². The fourth-order valence-corrected chi connectivity index (χ4v) is 1.24. The number of rotatable bonds is 2. The third kappa shape index (κ3) is 1.09. The summed E-state index contributed by atoms with van der Waals surface area (Å²) >= 11 is 0. The van der Waals surface area contributed by atoms with Crippen molar-refractivity contribution in [2.24, 2.45) is 11.3 Å². The predicted molar refractivity (Wildman–Crippen MR) is 34.4 cm³/mol. The van der Waals surface area contributed by atoms with E-state index in [0.29, 0.717) is 0 Å². The van der Waals surface area contributed by atoms with E-state index in [-0.39, 0.29) is 6.42 Å². The van der Waals surface area contributed by atoms with Crippen LogP contribution in [0.25, 0.3) is 0 Å². The number of hydrogen-bond acceptors (Lipinski definition) is 1. The molecule has 5 heteroatoms. The SMILES string of the molecule is C=CC1(C(=O)O)CC1C(F)(F)F. The fraction of sp³-hybridized carbons (Fsp3) is 0.571. The van der Waals surface area contributed by atoms with E-state index in [9.17, 15) is 18.0 Å². The largest absolute Gasteiger partial charge is 0.481 e. The lowest BCUT2D eigenvalue weighted by Crippen LogP contribution is -2.22. The van der Waals surface area contributed by atoms with E-state index in [1.807, 2.05) is 0 Å². The summed E-state index contributed by atoms with van der Waals surface area (Å²) in [4.78, 5) is 10.4. The Morgan fingerprint density at radius 2 is 2.17 bits per heavy atom. The van der Waals surface area contributed by atoms with Crippen LogP contribution in [0.1, 0.15) is 6.42 Å². The third-order valence-corrected chi connectivity index (χ3v) is 2.16. The molecule has 1 saturated carbocycles. The summed E-state index contributed by atoms with van der Waals surface area (Å²) in [5, 5.41) is 8.47. The Morgan fingerprint density at radius 1 is 1.67 bits per heavy atom. The normalized spacial score (nSPS) is 34.4. The van der Waals surface area contributed by atoms with Gasteiger partial charge in [0.2, 0.25) is 0 Å². The van der Waals surface area contributed by atoms with E-state index in [1.54, 1.807) is 0 Å². The first-order valence-electron chi connectivity index (χ1n) is 3.28. The predicted octanol–water partition coefficient (Wildman–Crippen LogP) is 1.83. The van der Waals surface area contributed by atoms with E-state index in [4.69, 9.17) is 5.11 Å². The molecule has 2 unspecified atom stereocenters. The Hall–Kier alpha value is -1.00. The van der Waals surface area contributed by atoms with Gasteiger partial charge < -0.3 is 5.11 Å². The summed E-state index contributed by atoms with van der Waals surface area (Å²) in [7, 11) is 0. The molecule has 0 saturated heterocycles. The Balaban J connectivity index is 2.81. The molecule has 2 atom stereocenters. The molecule has 0 radical (unpaired) electrons. The van der Waals surface area contributed by atoms with Gasteiger partial charge in [-0.1, -0.05) is 6.08 Å². The molecule has 0 bridgehead atoms. The molecule has 68 valence electrons. The molecular weight excluding hydrogens is 173 g/mol. The minimum Gasteiger partial charge on any atom is -0.481 e. The first-order valence-corrected chi connectivity index (χ1v) is 3.28. The third-order valence-electron chi connectivity index (χ3n) is 2.16. The molecule has 1 N–H and O–H groups in total. The van der Waals surface area contributed by atoms with Gasteiger partial charge in [-0.3, -0.25) is 4.79 Å². The number of hydrogen-bond donors (Lipinski definition) is 1. The van der Waals surface area contributed by atoms with Gasteiger partial charge in [0.05, 0.1) is 11.3 Å². The number of carbonyl (C=O) groups is 1. The fourth-order valence-electron chi connectivity index (χ4n) is 1.24. The van der Waals surface area contributed by atoms with Crippen LogP contribution in [0.2, 0.25) is 0 Å². The summed E-state index contributed by atoms with van der Waals surface area (Å²) in [5.41, 5.74) is -1.75. The summed E-state index contributed by atoms with van der Waals surface area (Å²) in [6, 6.07) is 0. The Bertz CT molecular complexity index is 233. The van der Waals surface area contributed by atoms with Crippen molar-refractivity contribution in [2.75, 3.05) is 0 Å². The molecule has 0 heterocycles. The first kappa shape index (κ1) is 9.09. The molecule has 12 heavy (non-hydrogen) atoms. The zero-order chi connectivity index (χ0) is 9.57. The van der Waals surface area contributed by atoms with Gasteiger partial charge in [-0.15, -0.1) is 6.58 Å². The number of carboxylic acids is 1. The van der Waals surface area contributed by atoms with Crippen LogP contribution in [-0.4, -0.2) is 17.3 Å². The standard InChI is InChI=1S/C7H7F3O2/c1-2-6(5(11)12)3-4(6)7(8,9)10/h2,4H,1,3H2,(H,11,12). The molecule has 1 aliphatic rings. The van der Waals surface area contributed by atoms with Gasteiger partial charge in [0, 0.05) is 0 Å². The summed E-state index contributed by atoms with van der Waals surface area (Å²) < 4.78 is 35.9. The van der Waals surface area contributed by atoms with Gasteiger partial charge in [0.1, 0.15) is 0 Å². The number of aliphatic carboxylic acids is 1. The maximum absolute atomic E-state index is 12.0. The summed E-state index contributed by atoms with van der Waals surface area (Å²) in [6.45, 7) is 3.10. The zero-order valence-corrected chi connectivity index (χ0v) is 6.06. The van der Waals surface area contributed by atoms with Gasteiger partial charge in [0.25, 0.3) is 0 Å². The van der Waals surface area contributed by atoms with E-state index >= 15 is 0 Å². The minimum absolute atomic E-state index is 0.380. The number of carboxylic acid groups (broad SMARTS) is 1. The van der Waals surface area contributed by atoms with Crippen molar-refractivity contribution in [3.05, 3.63) is 12.7 Å². The highest BCUT2D eigenvalue weighted by atomic mass is 19.4. The molecule has 1 fully saturated rings. The monoisotopic (exact) mass is 180 g/mol. The van der Waals surface area contributed by atoms with Crippen molar-refractivity contribution in [1.29, 1.82) is 0 Å². The smallest absolute Gasteiger partial charge is 0.393 e. The van der Waals surface area contributed by atoms with E-state index in [1.165, 1.54) is 0 Å².